The minimum Gasteiger partial charge on any atom is -0.327 e. The van der Waals surface area contributed by atoms with E-state index in [1.807, 2.05) is 31.2 Å². The number of hydrogen-bond acceptors (Lipinski definition) is 4. The van der Waals surface area contributed by atoms with Crippen LogP contribution in [-0.2, 0) is 23.0 Å². The van der Waals surface area contributed by atoms with Crippen molar-refractivity contribution in [3.63, 3.8) is 0 Å². The molecule has 0 unspecified atom stereocenters. The van der Waals surface area contributed by atoms with Crippen LogP contribution in [0.5, 0.6) is 0 Å². The fraction of sp³-hybridized carbons (Fsp3) is 0.333. The van der Waals surface area contributed by atoms with E-state index in [1.165, 1.54) is 0 Å². The predicted molar refractivity (Wildman–Crippen MR) is 87.0 cm³/mol. The molecule has 7 heteroatoms. The summed E-state index contributed by atoms with van der Waals surface area (Å²) >= 11 is 0. The summed E-state index contributed by atoms with van der Waals surface area (Å²) < 4.78 is 24.4. The summed E-state index contributed by atoms with van der Waals surface area (Å²) in [6.45, 7) is 2.61. The highest BCUT2D eigenvalue weighted by atomic mass is 32.2. The van der Waals surface area contributed by atoms with E-state index < -0.39 is 10.0 Å². The van der Waals surface area contributed by atoms with Crippen LogP contribution in [0.1, 0.15) is 19.2 Å². The number of sulfonamides is 1. The Morgan fingerprint density at radius 1 is 1.23 bits per heavy atom. The van der Waals surface area contributed by atoms with Crippen LogP contribution in [0.4, 0.5) is 0 Å². The van der Waals surface area contributed by atoms with E-state index >= 15 is 0 Å². The zero-order chi connectivity index (χ0) is 15.7. The van der Waals surface area contributed by atoms with Gasteiger partial charge in [0.15, 0.2) is 0 Å². The summed E-state index contributed by atoms with van der Waals surface area (Å²) in [5.74, 6) is 0.904. The number of benzene rings is 1. The summed E-state index contributed by atoms with van der Waals surface area (Å²) in [5.41, 5.74) is 2.76. The number of imidazole rings is 1. The molecule has 0 bridgehead atoms. The Morgan fingerprint density at radius 2 is 2.00 bits per heavy atom. The SMILES string of the molecule is CCc1nc2cnc3ccccc3c2n1CCCS(N)(=O)=O. The van der Waals surface area contributed by atoms with E-state index in [1.54, 1.807) is 6.20 Å². The number of pyridine rings is 1. The molecule has 22 heavy (non-hydrogen) atoms. The Kier molecular flexibility index (Phi) is 3.84. The zero-order valence-corrected chi connectivity index (χ0v) is 13.2. The Hall–Kier alpha value is -1.99. The molecule has 0 radical (unpaired) electrons. The molecular weight excluding hydrogens is 300 g/mol. The lowest BCUT2D eigenvalue weighted by molar-refractivity contribution is 0.587. The Morgan fingerprint density at radius 3 is 2.73 bits per heavy atom. The molecule has 0 amide bonds. The highest BCUT2D eigenvalue weighted by molar-refractivity contribution is 7.89. The molecule has 2 aromatic heterocycles. The molecule has 116 valence electrons. The van der Waals surface area contributed by atoms with Gasteiger partial charge >= 0.3 is 0 Å². The van der Waals surface area contributed by atoms with Crippen molar-refractivity contribution in [1.82, 2.24) is 14.5 Å². The number of para-hydroxylation sites is 1. The fourth-order valence-corrected chi connectivity index (χ4v) is 3.28. The summed E-state index contributed by atoms with van der Waals surface area (Å²) in [5, 5.41) is 6.12. The molecule has 2 N–H and O–H groups in total. The maximum absolute atomic E-state index is 11.1. The molecule has 6 nitrogen and oxygen atoms in total. The van der Waals surface area contributed by atoms with Crippen molar-refractivity contribution in [2.45, 2.75) is 26.3 Å². The molecule has 3 aromatic rings. The first-order valence-electron chi connectivity index (χ1n) is 7.23. The van der Waals surface area contributed by atoms with Crippen molar-refractivity contribution in [1.29, 1.82) is 0 Å². The molecule has 0 aliphatic carbocycles. The lowest BCUT2D eigenvalue weighted by Crippen LogP contribution is -2.18. The second-order valence-corrected chi connectivity index (χ2v) is 7.00. The number of nitrogens with zero attached hydrogens (tertiary/aromatic N) is 3. The predicted octanol–water partition coefficient (Wildman–Crippen LogP) is 1.83. The van der Waals surface area contributed by atoms with Gasteiger partial charge in [-0.1, -0.05) is 25.1 Å². The van der Waals surface area contributed by atoms with Crippen LogP contribution in [0.3, 0.4) is 0 Å². The first-order valence-corrected chi connectivity index (χ1v) is 8.94. The Balaban J connectivity index is 2.11. The first-order chi connectivity index (χ1) is 10.5. The van der Waals surface area contributed by atoms with Gasteiger partial charge in [0, 0.05) is 18.4 Å². The van der Waals surface area contributed by atoms with E-state index in [0.29, 0.717) is 13.0 Å². The van der Waals surface area contributed by atoms with Crippen molar-refractivity contribution >= 4 is 32.0 Å². The quantitative estimate of drug-likeness (QED) is 0.777. The zero-order valence-electron chi connectivity index (χ0n) is 12.4. The van der Waals surface area contributed by atoms with Crippen molar-refractivity contribution in [3.8, 4) is 0 Å². The maximum atomic E-state index is 11.1. The molecule has 2 heterocycles. The monoisotopic (exact) mass is 318 g/mol. The van der Waals surface area contributed by atoms with Gasteiger partial charge in [0.2, 0.25) is 10.0 Å². The largest absolute Gasteiger partial charge is 0.327 e. The molecule has 0 atom stereocenters. The Labute approximate surface area is 129 Å². The highest BCUT2D eigenvalue weighted by Gasteiger charge is 2.13. The minimum atomic E-state index is -3.44. The molecule has 1 aromatic carbocycles. The van der Waals surface area contributed by atoms with E-state index in [4.69, 9.17) is 5.14 Å². The first kappa shape index (κ1) is 14.9. The van der Waals surface area contributed by atoms with Gasteiger partial charge in [-0.05, 0) is 12.5 Å². The average Bonchev–Trinajstić information content (AvgIpc) is 2.84. The van der Waals surface area contributed by atoms with E-state index in [9.17, 15) is 8.42 Å². The van der Waals surface area contributed by atoms with Crippen LogP contribution < -0.4 is 5.14 Å². The molecule has 0 aliphatic rings. The molecule has 0 saturated heterocycles. The van der Waals surface area contributed by atoms with Crippen molar-refractivity contribution < 1.29 is 8.42 Å². The lowest BCUT2D eigenvalue weighted by atomic mass is 10.2. The van der Waals surface area contributed by atoms with E-state index in [2.05, 4.69) is 14.5 Å². The van der Waals surface area contributed by atoms with Crippen molar-refractivity contribution in [3.05, 3.63) is 36.3 Å². The number of aryl methyl sites for hydroxylation is 2. The summed E-state index contributed by atoms with van der Waals surface area (Å²) in [7, 11) is -3.44. The van der Waals surface area contributed by atoms with Crippen molar-refractivity contribution in [2.24, 2.45) is 5.14 Å². The van der Waals surface area contributed by atoms with Gasteiger partial charge in [0.05, 0.1) is 23.0 Å². The van der Waals surface area contributed by atoms with Gasteiger partial charge in [0.1, 0.15) is 11.3 Å². The van der Waals surface area contributed by atoms with Gasteiger partial charge in [-0.2, -0.15) is 0 Å². The van der Waals surface area contributed by atoms with Crippen LogP contribution in [0.2, 0.25) is 0 Å². The summed E-state index contributed by atoms with van der Waals surface area (Å²) in [6.07, 6.45) is 3.01. The molecule has 0 saturated carbocycles. The van der Waals surface area contributed by atoms with Crippen molar-refractivity contribution in [2.75, 3.05) is 5.75 Å². The highest BCUT2D eigenvalue weighted by Crippen LogP contribution is 2.25. The topological polar surface area (TPSA) is 90.9 Å². The third-order valence-corrected chi connectivity index (χ3v) is 4.54. The second kappa shape index (κ2) is 5.66. The summed E-state index contributed by atoms with van der Waals surface area (Å²) in [6, 6.07) is 7.89. The molecule has 0 fully saturated rings. The second-order valence-electron chi connectivity index (χ2n) is 5.26. The smallest absolute Gasteiger partial charge is 0.209 e. The number of primary sulfonamides is 1. The van der Waals surface area contributed by atoms with E-state index in [0.717, 1.165) is 34.2 Å². The van der Waals surface area contributed by atoms with Gasteiger partial charge in [-0.3, -0.25) is 4.98 Å². The van der Waals surface area contributed by atoms with Gasteiger partial charge in [-0.15, -0.1) is 0 Å². The third kappa shape index (κ3) is 2.82. The fourth-order valence-electron chi connectivity index (χ4n) is 2.74. The van der Waals surface area contributed by atoms with Gasteiger partial charge in [-0.25, -0.2) is 18.5 Å². The number of nitrogens with two attached hydrogens (primary N) is 1. The number of rotatable bonds is 5. The number of hydrogen-bond donors (Lipinski definition) is 1. The molecule has 0 spiro atoms. The average molecular weight is 318 g/mol. The standard InChI is InChI=1S/C15H18N4O2S/c1-2-14-18-13-10-17-12-7-4-3-6-11(12)15(13)19(14)8-5-9-22(16,20)21/h3-4,6-7,10H,2,5,8-9H2,1H3,(H2,16,20,21). The van der Waals surface area contributed by atoms with Crippen LogP contribution in [0.25, 0.3) is 21.9 Å². The Bertz CT molecular complexity index is 931. The molecular formula is C15H18N4O2S. The van der Waals surface area contributed by atoms with Gasteiger partial charge in [0.25, 0.3) is 0 Å². The number of fused-ring (bicyclic) bond motifs is 3. The van der Waals surface area contributed by atoms with Crippen LogP contribution in [0, 0.1) is 0 Å². The normalized spacial score (nSPS) is 12.3. The lowest BCUT2D eigenvalue weighted by Gasteiger charge is -2.09. The molecule has 3 rings (SSSR count). The van der Waals surface area contributed by atoms with E-state index in [-0.39, 0.29) is 5.75 Å². The maximum Gasteiger partial charge on any atom is 0.209 e. The van der Waals surface area contributed by atoms with Crippen LogP contribution in [-0.4, -0.2) is 28.7 Å². The van der Waals surface area contributed by atoms with Gasteiger partial charge < -0.3 is 4.57 Å². The summed E-state index contributed by atoms with van der Waals surface area (Å²) in [4.78, 5) is 9.04. The molecule has 0 aliphatic heterocycles. The third-order valence-electron chi connectivity index (χ3n) is 3.69. The minimum absolute atomic E-state index is 0.0289. The van der Waals surface area contributed by atoms with Crippen LogP contribution in [0.15, 0.2) is 30.5 Å². The number of aromatic nitrogens is 3. The van der Waals surface area contributed by atoms with Crippen LogP contribution >= 0.6 is 0 Å².